The summed E-state index contributed by atoms with van der Waals surface area (Å²) in [5, 5.41) is 0. The van der Waals surface area contributed by atoms with E-state index < -0.39 is 0 Å². The lowest BCUT2D eigenvalue weighted by molar-refractivity contribution is 0.196. The van der Waals surface area contributed by atoms with Gasteiger partial charge in [-0.15, -0.1) is 0 Å². The average molecular weight is 208 g/mol. The van der Waals surface area contributed by atoms with Crippen LogP contribution in [0.4, 0.5) is 5.69 Å². The Labute approximate surface area is 91.8 Å². The van der Waals surface area contributed by atoms with E-state index in [0.717, 1.165) is 19.6 Å². The first-order valence-corrected chi connectivity index (χ1v) is 5.27. The van der Waals surface area contributed by atoms with Gasteiger partial charge in [0.25, 0.3) is 0 Å². The molecule has 0 amide bonds. The van der Waals surface area contributed by atoms with Crippen LogP contribution in [0.25, 0.3) is 0 Å². The molecule has 0 atom stereocenters. The third kappa shape index (κ3) is 3.90. The number of ether oxygens (including phenoxy) is 1. The molecule has 0 aromatic heterocycles. The zero-order valence-corrected chi connectivity index (χ0v) is 9.57. The van der Waals surface area contributed by atoms with E-state index in [4.69, 9.17) is 10.5 Å². The van der Waals surface area contributed by atoms with Crippen molar-refractivity contribution in [3.63, 3.8) is 0 Å². The van der Waals surface area contributed by atoms with Gasteiger partial charge in [0.15, 0.2) is 0 Å². The highest BCUT2D eigenvalue weighted by molar-refractivity contribution is 5.47. The van der Waals surface area contributed by atoms with Crippen LogP contribution >= 0.6 is 0 Å². The Hall–Kier alpha value is -1.06. The fraction of sp³-hybridized carbons (Fsp3) is 0.500. The molecule has 2 N–H and O–H groups in total. The molecule has 0 saturated heterocycles. The zero-order chi connectivity index (χ0) is 11.1. The molecule has 1 rings (SSSR count). The molecule has 0 fully saturated rings. The molecule has 0 aliphatic carbocycles. The Bertz CT molecular complexity index is 289. The van der Waals surface area contributed by atoms with Crippen LogP contribution < -0.4 is 10.6 Å². The van der Waals surface area contributed by atoms with E-state index in [1.54, 1.807) is 7.11 Å². The topological polar surface area (TPSA) is 38.5 Å². The maximum Gasteiger partial charge on any atom is 0.0479 e. The quantitative estimate of drug-likeness (QED) is 0.722. The highest BCUT2D eigenvalue weighted by Crippen LogP contribution is 2.14. The SMILES string of the molecule is COCCCN(C)c1cccc(CN)c1. The molecule has 0 unspecified atom stereocenters. The van der Waals surface area contributed by atoms with E-state index in [0.29, 0.717) is 6.54 Å². The Morgan fingerprint density at radius 3 is 2.87 bits per heavy atom. The van der Waals surface area contributed by atoms with Crippen molar-refractivity contribution in [1.29, 1.82) is 0 Å². The Morgan fingerprint density at radius 1 is 1.40 bits per heavy atom. The molecular formula is C12H20N2O. The molecule has 0 aliphatic heterocycles. The predicted molar refractivity (Wildman–Crippen MR) is 64.1 cm³/mol. The normalized spacial score (nSPS) is 10.3. The summed E-state index contributed by atoms with van der Waals surface area (Å²) in [4.78, 5) is 2.22. The third-order valence-electron chi connectivity index (χ3n) is 2.43. The summed E-state index contributed by atoms with van der Waals surface area (Å²) in [7, 11) is 3.82. The minimum atomic E-state index is 0.597. The van der Waals surface area contributed by atoms with Crippen molar-refractivity contribution < 1.29 is 4.74 Å². The largest absolute Gasteiger partial charge is 0.385 e. The molecule has 15 heavy (non-hydrogen) atoms. The zero-order valence-electron chi connectivity index (χ0n) is 9.57. The predicted octanol–water partition coefficient (Wildman–Crippen LogP) is 1.62. The van der Waals surface area contributed by atoms with Gasteiger partial charge in [-0.25, -0.2) is 0 Å². The summed E-state index contributed by atoms with van der Waals surface area (Å²) in [5.41, 5.74) is 7.99. The van der Waals surface area contributed by atoms with Crippen LogP contribution in [0.2, 0.25) is 0 Å². The van der Waals surface area contributed by atoms with Gasteiger partial charge in [0, 0.05) is 39.5 Å². The van der Waals surface area contributed by atoms with E-state index >= 15 is 0 Å². The second-order valence-electron chi connectivity index (χ2n) is 3.64. The van der Waals surface area contributed by atoms with Gasteiger partial charge in [0.1, 0.15) is 0 Å². The lowest BCUT2D eigenvalue weighted by Crippen LogP contribution is -2.19. The molecule has 0 spiro atoms. The minimum Gasteiger partial charge on any atom is -0.385 e. The summed E-state index contributed by atoms with van der Waals surface area (Å²) in [5.74, 6) is 0. The van der Waals surface area contributed by atoms with Crippen molar-refractivity contribution in [2.75, 3.05) is 32.2 Å². The Kier molecular flexibility index (Phi) is 5.15. The van der Waals surface area contributed by atoms with E-state index in [2.05, 4.69) is 24.1 Å². The molecule has 1 aromatic carbocycles. The van der Waals surface area contributed by atoms with E-state index in [1.165, 1.54) is 11.3 Å². The van der Waals surface area contributed by atoms with Gasteiger partial charge in [0.2, 0.25) is 0 Å². The molecule has 0 saturated carbocycles. The van der Waals surface area contributed by atoms with Crippen LogP contribution in [0.5, 0.6) is 0 Å². The van der Waals surface area contributed by atoms with Gasteiger partial charge >= 0.3 is 0 Å². The molecule has 0 heterocycles. The summed E-state index contributed by atoms with van der Waals surface area (Å²) >= 11 is 0. The second-order valence-corrected chi connectivity index (χ2v) is 3.64. The monoisotopic (exact) mass is 208 g/mol. The number of rotatable bonds is 6. The molecule has 84 valence electrons. The van der Waals surface area contributed by atoms with Crippen LogP contribution in [-0.4, -0.2) is 27.3 Å². The lowest BCUT2D eigenvalue weighted by atomic mass is 10.2. The molecule has 0 bridgehead atoms. The second kappa shape index (κ2) is 6.43. The van der Waals surface area contributed by atoms with Gasteiger partial charge in [-0.1, -0.05) is 12.1 Å². The maximum atomic E-state index is 5.60. The highest BCUT2D eigenvalue weighted by atomic mass is 16.5. The minimum absolute atomic E-state index is 0.597. The standard InChI is InChI=1S/C12H20N2O/c1-14(7-4-8-15-2)12-6-3-5-11(9-12)10-13/h3,5-6,9H,4,7-8,10,13H2,1-2H3. The number of benzene rings is 1. The van der Waals surface area contributed by atoms with Crippen LogP contribution in [0.15, 0.2) is 24.3 Å². The first-order valence-electron chi connectivity index (χ1n) is 5.27. The number of nitrogens with two attached hydrogens (primary N) is 1. The molecule has 3 heteroatoms. The number of hydrogen-bond donors (Lipinski definition) is 1. The summed E-state index contributed by atoms with van der Waals surface area (Å²) in [6.07, 6.45) is 1.04. The van der Waals surface area contributed by atoms with E-state index in [-0.39, 0.29) is 0 Å². The molecule has 0 radical (unpaired) electrons. The third-order valence-corrected chi connectivity index (χ3v) is 2.43. The van der Waals surface area contributed by atoms with Crippen molar-refractivity contribution in [3.05, 3.63) is 29.8 Å². The first kappa shape index (κ1) is 12.0. The molecule has 1 aromatic rings. The maximum absolute atomic E-state index is 5.60. The fourth-order valence-electron chi connectivity index (χ4n) is 1.50. The van der Waals surface area contributed by atoms with Gasteiger partial charge in [-0.2, -0.15) is 0 Å². The average Bonchev–Trinajstić information content (AvgIpc) is 2.29. The van der Waals surface area contributed by atoms with Gasteiger partial charge in [-0.05, 0) is 24.1 Å². The number of methoxy groups -OCH3 is 1. The summed E-state index contributed by atoms with van der Waals surface area (Å²) < 4.78 is 5.03. The van der Waals surface area contributed by atoms with Crippen LogP contribution in [0.3, 0.4) is 0 Å². The van der Waals surface area contributed by atoms with Crippen molar-refractivity contribution in [2.45, 2.75) is 13.0 Å². The Balaban J connectivity index is 2.52. The van der Waals surface area contributed by atoms with E-state index in [1.807, 2.05) is 12.1 Å². The Morgan fingerprint density at radius 2 is 2.20 bits per heavy atom. The smallest absolute Gasteiger partial charge is 0.0479 e. The van der Waals surface area contributed by atoms with Crippen molar-refractivity contribution in [3.8, 4) is 0 Å². The van der Waals surface area contributed by atoms with Gasteiger partial charge < -0.3 is 15.4 Å². The van der Waals surface area contributed by atoms with Crippen LogP contribution in [-0.2, 0) is 11.3 Å². The van der Waals surface area contributed by atoms with Gasteiger partial charge in [0.05, 0.1) is 0 Å². The highest BCUT2D eigenvalue weighted by Gasteiger charge is 2.00. The fourth-order valence-corrected chi connectivity index (χ4v) is 1.50. The van der Waals surface area contributed by atoms with Crippen molar-refractivity contribution in [2.24, 2.45) is 5.73 Å². The van der Waals surface area contributed by atoms with Crippen LogP contribution in [0, 0.1) is 0 Å². The summed E-state index contributed by atoms with van der Waals surface area (Å²) in [6.45, 7) is 2.41. The molecule has 0 aliphatic rings. The van der Waals surface area contributed by atoms with Crippen molar-refractivity contribution >= 4 is 5.69 Å². The number of hydrogen-bond acceptors (Lipinski definition) is 3. The first-order chi connectivity index (χ1) is 7.27. The summed E-state index contributed by atoms with van der Waals surface area (Å²) in [6, 6.07) is 8.33. The lowest BCUT2D eigenvalue weighted by Gasteiger charge is -2.19. The molecular weight excluding hydrogens is 188 g/mol. The van der Waals surface area contributed by atoms with Crippen LogP contribution in [0.1, 0.15) is 12.0 Å². The molecule has 3 nitrogen and oxygen atoms in total. The van der Waals surface area contributed by atoms with Gasteiger partial charge in [-0.3, -0.25) is 0 Å². The number of nitrogens with zero attached hydrogens (tertiary/aromatic N) is 1. The van der Waals surface area contributed by atoms with Crippen molar-refractivity contribution in [1.82, 2.24) is 0 Å². The number of anilines is 1. The van der Waals surface area contributed by atoms with E-state index in [9.17, 15) is 0 Å².